The van der Waals surface area contributed by atoms with E-state index in [0.717, 1.165) is 44.8 Å². The average Bonchev–Trinajstić information content (AvgIpc) is 3.09. The van der Waals surface area contributed by atoms with Gasteiger partial charge in [0.2, 0.25) is 5.89 Å². The van der Waals surface area contributed by atoms with Gasteiger partial charge in [-0.25, -0.2) is 0 Å². The molecular weight excluding hydrogens is 234 g/mol. The Bertz CT molecular complexity index is 390. The molecule has 0 saturated carbocycles. The molecule has 2 aliphatic rings. The number of nitrogens with one attached hydrogen (secondary N) is 1. The smallest absolute Gasteiger partial charge is 0.243 e. The van der Waals surface area contributed by atoms with E-state index < -0.39 is 0 Å². The van der Waals surface area contributed by atoms with Gasteiger partial charge in [0.1, 0.15) is 0 Å². The number of hydrogen-bond donors (Lipinski definition) is 1. The van der Waals surface area contributed by atoms with Crippen LogP contribution in [0.2, 0.25) is 0 Å². The van der Waals surface area contributed by atoms with Crippen molar-refractivity contribution in [3.8, 4) is 0 Å². The van der Waals surface area contributed by atoms with Crippen LogP contribution in [0, 0.1) is 5.92 Å². The molecule has 6 heteroatoms. The van der Waals surface area contributed by atoms with Crippen LogP contribution >= 0.6 is 0 Å². The first-order chi connectivity index (χ1) is 8.85. The van der Waals surface area contributed by atoms with Crippen LogP contribution in [0.25, 0.3) is 0 Å². The van der Waals surface area contributed by atoms with E-state index >= 15 is 0 Å². The zero-order valence-electron chi connectivity index (χ0n) is 10.6. The second-order valence-electron chi connectivity index (χ2n) is 5.04. The fourth-order valence-corrected chi connectivity index (χ4v) is 2.57. The van der Waals surface area contributed by atoms with Crippen molar-refractivity contribution in [3.05, 3.63) is 11.7 Å². The molecule has 0 aromatic carbocycles. The van der Waals surface area contributed by atoms with Crippen LogP contribution in [-0.4, -0.2) is 43.1 Å². The first-order valence-electron chi connectivity index (χ1n) is 6.51. The lowest BCUT2D eigenvalue weighted by molar-refractivity contribution is 0.116. The molecule has 100 valence electrons. The minimum absolute atomic E-state index is 0.135. The molecule has 0 aliphatic carbocycles. The molecule has 3 rings (SSSR count). The summed E-state index contributed by atoms with van der Waals surface area (Å²) in [6.45, 7) is 2.52. The summed E-state index contributed by atoms with van der Waals surface area (Å²) in [5.74, 6) is 2.02. The summed E-state index contributed by atoms with van der Waals surface area (Å²) in [7, 11) is 1.73. The highest BCUT2D eigenvalue weighted by molar-refractivity contribution is 4.98. The number of rotatable bonds is 4. The van der Waals surface area contributed by atoms with Gasteiger partial charge in [-0.2, -0.15) is 4.98 Å². The van der Waals surface area contributed by atoms with Gasteiger partial charge in [0.15, 0.2) is 5.82 Å². The molecule has 0 spiro atoms. The molecule has 3 atom stereocenters. The Morgan fingerprint density at radius 3 is 3.17 bits per heavy atom. The summed E-state index contributed by atoms with van der Waals surface area (Å²) < 4.78 is 16.0. The fraction of sp³-hybridized carbons (Fsp3) is 0.833. The molecule has 1 aromatic rings. The molecule has 2 fully saturated rings. The Kier molecular flexibility index (Phi) is 3.58. The van der Waals surface area contributed by atoms with E-state index in [1.165, 1.54) is 0 Å². The lowest BCUT2D eigenvalue weighted by Gasteiger charge is -2.04. The number of nitrogens with zero attached hydrogens (tertiary/aromatic N) is 2. The second-order valence-corrected chi connectivity index (χ2v) is 5.04. The maximum atomic E-state index is 5.35. The van der Waals surface area contributed by atoms with E-state index in [2.05, 4.69) is 15.5 Å². The highest BCUT2D eigenvalue weighted by Crippen LogP contribution is 2.24. The van der Waals surface area contributed by atoms with Crippen LogP contribution < -0.4 is 5.32 Å². The van der Waals surface area contributed by atoms with Gasteiger partial charge in [0, 0.05) is 33.3 Å². The van der Waals surface area contributed by atoms with Crippen molar-refractivity contribution < 1.29 is 14.0 Å². The predicted molar refractivity (Wildman–Crippen MR) is 63.1 cm³/mol. The van der Waals surface area contributed by atoms with E-state index in [1.54, 1.807) is 7.11 Å². The largest absolute Gasteiger partial charge is 0.381 e. The van der Waals surface area contributed by atoms with Gasteiger partial charge in [-0.3, -0.25) is 0 Å². The summed E-state index contributed by atoms with van der Waals surface area (Å²) in [5.41, 5.74) is 0. The highest BCUT2D eigenvalue weighted by Gasteiger charge is 2.29. The predicted octanol–water partition coefficient (Wildman–Crippen LogP) is 0.698. The van der Waals surface area contributed by atoms with Crippen LogP contribution in [0.5, 0.6) is 0 Å². The summed E-state index contributed by atoms with van der Waals surface area (Å²) in [6.07, 6.45) is 3.08. The van der Waals surface area contributed by atoms with Crippen molar-refractivity contribution in [3.63, 3.8) is 0 Å². The van der Waals surface area contributed by atoms with Crippen molar-refractivity contribution in [2.75, 3.05) is 26.9 Å². The van der Waals surface area contributed by atoms with Gasteiger partial charge in [-0.15, -0.1) is 0 Å². The lowest BCUT2D eigenvalue weighted by atomic mass is 10.1. The summed E-state index contributed by atoms with van der Waals surface area (Å²) in [4.78, 5) is 4.47. The normalized spacial score (nSPS) is 32.2. The topological polar surface area (TPSA) is 69.4 Å². The van der Waals surface area contributed by atoms with E-state index in [-0.39, 0.29) is 12.1 Å². The molecule has 0 amide bonds. The maximum absolute atomic E-state index is 5.35. The molecule has 1 N–H and O–H groups in total. The molecule has 0 bridgehead atoms. The fourth-order valence-electron chi connectivity index (χ4n) is 2.57. The van der Waals surface area contributed by atoms with Gasteiger partial charge >= 0.3 is 0 Å². The molecule has 1 unspecified atom stereocenters. The van der Waals surface area contributed by atoms with Gasteiger partial charge in [0.25, 0.3) is 0 Å². The van der Waals surface area contributed by atoms with E-state index in [9.17, 15) is 0 Å². The Morgan fingerprint density at radius 2 is 2.44 bits per heavy atom. The van der Waals surface area contributed by atoms with Crippen molar-refractivity contribution in [2.24, 2.45) is 5.92 Å². The van der Waals surface area contributed by atoms with Gasteiger partial charge in [-0.1, -0.05) is 5.16 Å². The van der Waals surface area contributed by atoms with E-state index in [0.29, 0.717) is 11.8 Å². The monoisotopic (exact) mass is 253 g/mol. The molecule has 0 radical (unpaired) electrons. The van der Waals surface area contributed by atoms with Crippen LogP contribution in [0.15, 0.2) is 4.52 Å². The maximum Gasteiger partial charge on any atom is 0.243 e. The van der Waals surface area contributed by atoms with Crippen molar-refractivity contribution in [1.82, 2.24) is 15.5 Å². The van der Waals surface area contributed by atoms with E-state index in [4.69, 9.17) is 14.0 Å². The first kappa shape index (κ1) is 12.1. The zero-order valence-corrected chi connectivity index (χ0v) is 10.6. The van der Waals surface area contributed by atoms with Crippen LogP contribution in [0.4, 0.5) is 0 Å². The minimum Gasteiger partial charge on any atom is -0.381 e. The van der Waals surface area contributed by atoms with Crippen molar-refractivity contribution >= 4 is 0 Å². The molecular formula is C12H19N3O3. The molecule has 18 heavy (non-hydrogen) atoms. The van der Waals surface area contributed by atoms with Crippen molar-refractivity contribution in [2.45, 2.75) is 31.4 Å². The average molecular weight is 253 g/mol. The molecule has 2 aliphatic heterocycles. The van der Waals surface area contributed by atoms with Gasteiger partial charge < -0.3 is 19.3 Å². The minimum atomic E-state index is 0.135. The third-order valence-electron chi connectivity index (χ3n) is 3.70. The Balaban J connectivity index is 1.59. The number of ether oxygens (including phenoxy) is 2. The number of methoxy groups -OCH3 is 1. The second kappa shape index (κ2) is 5.34. The summed E-state index contributed by atoms with van der Waals surface area (Å²) in [6, 6.07) is 0.135. The molecule has 3 heterocycles. The Labute approximate surface area is 106 Å². The van der Waals surface area contributed by atoms with Crippen LogP contribution in [-0.2, 0) is 15.9 Å². The lowest BCUT2D eigenvalue weighted by Crippen LogP contribution is -2.16. The van der Waals surface area contributed by atoms with Crippen molar-refractivity contribution in [1.29, 1.82) is 0 Å². The first-order valence-corrected chi connectivity index (χ1v) is 6.51. The quantitative estimate of drug-likeness (QED) is 0.851. The highest BCUT2D eigenvalue weighted by atomic mass is 16.5. The number of aromatic nitrogens is 2. The van der Waals surface area contributed by atoms with Crippen LogP contribution in [0.1, 0.15) is 30.6 Å². The third-order valence-corrected chi connectivity index (χ3v) is 3.70. The third kappa shape index (κ3) is 2.55. The Hall–Kier alpha value is -0.980. The zero-order chi connectivity index (χ0) is 12.4. The summed E-state index contributed by atoms with van der Waals surface area (Å²) in [5, 5.41) is 7.39. The standard InChI is InChI=1S/C12H19N3O3/c1-16-9-5-10(13-6-9)12-14-11(15-18-12)4-8-2-3-17-7-8/h8-10,13H,2-7H2,1H3/t8?,9-,10+/m0/s1. The Morgan fingerprint density at radius 1 is 1.50 bits per heavy atom. The molecule has 1 aromatic heterocycles. The molecule has 2 saturated heterocycles. The van der Waals surface area contributed by atoms with E-state index in [1.807, 2.05) is 0 Å². The van der Waals surface area contributed by atoms with Gasteiger partial charge in [-0.05, 0) is 18.8 Å². The SMILES string of the molecule is CO[C@@H]1CN[C@@H](c2nc(CC3CCOC3)no2)C1. The molecule has 6 nitrogen and oxygen atoms in total. The van der Waals surface area contributed by atoms with Gasteiger partial charge in [0.05, 0.1) is 12.1 Å². The van der Waals surface area contributed by atoms with Crippen LogP contribution in [0.3, 0.4) is 0 Å². The number of hydrogen-bond acceptors (Lipinski definition) is 6. The summed E-state index contributed by atoms with van der Waals surface area (Å²) >= 11 is 0.